The highest BCUT2D eigenvalue weighted by Crippen LogP contribution is 2.45. The molecular weight excluding hydrogens is 520 g/mol. The summed E-state index contributed by atoms with van der Waals surface area (Å²) in [5.41, 5.74) is -1.47. The largest absolute Gasteiger partial charge is 0.490 e. The van der Waals surface area contributed by atoms with Gasteiger partial charge in [-0.2, -0.15) is 0 Å². The average Bonchev–Trinajstić information content (AvgIpc) is 2.86. The van der Waals surface area contributed by atoms with E-state index >= 15 is 0 Å². The van der Waals surface area contributed by atoms with Gasteiger partial charge in [0.05, 0.1) is 0 Å². The molecule has 2 rings (SSSR count). The third-order valence-corrected chi connectivity index (χ3v) is 6.41. The summed E-state index contributed by atoms with van der Waals surface area (Å²) < 4.78 is 20.7. The molecule has 3 N–H and O–H groups in total. The van der Waals surface area contributed by atoms with E-state index in [0.29, 0.717) is 24.3 Å². The Morgan fingerprint density at radius 1 is 0.975 bits per heavy atom. The van der Waals surface area contributed by atoms with Crippen LogP contribution in [0.15, 0.2) is 36.9 Å². The van der Waals surface area contributed by atoms with Crippen LogP contribution in [-0.2, 0) is 19.0 Å². The number of hydrogen-bond acceptors (Lipinski definition) is 9. The molecule has 2 unspecified atom stereocenters. The standard InChI is InChI=1S/C29H42N2O9/c1-7-23(32)38-13-15-40-26(35)31-21-16-27(2,3)18-29(6,17-21)19-30-25(34)39-14-12-37-22-10-8-20(9-11-22)24(33)28(4,5)36/h7-11,21,36H,1,12-19H2,2-6H3,(H,30,34)(H,31,35). The van der Waals surface area contributed by atoms with E-state index in [1.807, 2.05) is 0 Å². The van der Waals surface area contributed by atoms with Gasteiger partial charge in [0.25, 0.3) is 0 Å². The number of ether oxygens (including phenoxy) is 4. The van der Waals surface area contributed by atoms with Crippen molar-refractivity contribution >= 4 is 23.9 Å². The molecule has 1 aromatic rings. The van der Waals surface area contributed by atoms with E-state index in [4.69, 9.17) is 18.9 Å². The molecule has 222 valence electrons. The van der Waals surface area contributed by atoms with Crippen LogP contribution in [0.4, 0.5) is 9.59 Å². The summed E-state index contributed by atoms with van der Waals surface area (Å²) in [6.07, 6.45) is 2.09. The zero-order chi connectivity index (χ0) is 30.0. The number of carbonyl (C=O) groups is 4. The van der Waals surface area contributed by atoms with Gasteiger partial charge >= 0.3 is 18.2 Å². The molecule has 0 spiro atoms. The lowest BCUT2D eigenvalue weighted by molar-refractivity contribution is -0.138. The van der Waals surface area contributed by atoms with E-state index in [0.717, 1.165) is 18.9 Å². The summed E-state index contributed by atoms with van der Waals surface area (Å²) in [7, 11) is 0. The van der Waals surface area contributed by atoms with E-state index in [2.05, 4.69) is 38.0 Å². The molecule has 2 amide bonds. The maximum Gasteiger partial charge on any atom is 0.407 e. The Kier molecular flexibility index (Phi) is 11.5. The van der Waals surface area contributed by atoms with Crippen LogP contribution in [0.5, 0.6) is 5.75 Å². The van der Waals surface area contributed by atoms with E-state index in [9.17, 15) is 24.3 Å². The molecule has 0 heterocycles. The van der Waals surface area contributed by atoms with Crippen molar-refractivity contribution < 1.29 is 43.2 Å². The van der Waals surface area contributed by atoms with Crippen molar-refractivity contribution in [3.63, 3.8) is 0 Å². The lowest BCUT2D eigenvalue weighted by atomic mass is 9.62. The molecule has 0 aromatic heterocycles. The summed E-state index contributed by atoms with van der Waals surface area (Å²) in [6.45, 7) is 12.8. The van der Waals surface area contributed by atoms with Crippen LogP contribution >= 0.6 is 0 Å². The van der Waals surface area contributed by atoms with Crippen LogP contribution in [0.3, 0.4) is 0 Å². The quantitative estimate of drug-likeness (QED) is 0.107. The predicted molar refractivity (Wildman–Crippen MR) is 147 cm³/mol. The van der Waals surface area contributed by atoms with Gasteiger partial charge < -0.3 is 34.7 Å². The number of ketones is 1. The molecule has 1 saturated carbocycles. The Balaban J connectivity index is 1.74. The molecule has 11 heteroatoms. The van der Waals surface area contributed by atoms with Gasteiger partial charge in [-0.15, -0.1) is 0 Å². The van der Waals surface area contributed by atoms with Crippen molar-refractivity contribution in [2.45, 2.75) is 65.5 Å². The van der Waals surface area contributed by atoms with Crippen LogP contribution in [0.2, 0.25) is 0 Å². The summed E-state index contributed by atoms with van der Waals surface area (Å²) in [5.74, 6) is -0.469. The summed E-state index contributed by atoms with van der Waals surface area (Å²) in [5, 5.41) is 15.5. The smallest absolute Gasteiger partial charge is 0.407 e. The molecule has 2 atom stereocenters. The minimum Gasteiger partial charge on any atom is -0.490 e. The van der Waals surface area contributed by atoms with Crippen molar-refractivity contribution in [1.82, 2.24) is 10.6 Å². The van der Waals surface area contributed by atoms with Crippen LogP contribution in [0.25, 0.3) is 0 Å². The van der Waals surface area contributed by atoms with Gasteiger partial charge in [0, 0.05) is 24.2 Å². The average molecular weight is 563 g/mol. The number of benzene rings is 1. The van der Waals surface area contributed by atoms with Crippen LogP contribution in [0.1, 0.15) is 64.2 Å². The van der Waals surface area contributed by atoms with Crippen LogP contribution in [0, 0.1) is 10.8 Å². The molecule has 40 heavy (non-hydrogen) atoms. The maximum atomic E-state index is 12.3. The molecule has 0 bridgehead atoms. The number of amides is 2. The summed E-state index contributed by atoms with van der Waals surface area (Å²) in [4.78, 5) is 47.7. The number of nitrogens with one attached hydrogen (secondary N) is 2. The highest BCUT2D eigenvalue weighted by molar-refractivity contribution is 6.01. The fourth-order valence-electron chi connectivity index (χ4n) is 5.10. The van der Waals surface area contributed by atoms with Gasteiger partial charge in [0.1, 0.15) is 37.8 Å². The first-order chi connectivity index (χ1) is 18.6. The molecule has 0 radical (unpaired) electrons. The van der Waals surface area contributed by atoms with Gasteiger partial charge in [0.2, 0.25) is 0 Å². The van der Waals surface area contributed by atoms with Crippen molar-refractivity contribution in [3.05, 3.63) is 42.5 Å². The molecule has 0 saturated heterocycles. The van der Waals surface area contributed by atoms with Gasteiger partial charge in [0.15, 0.2) is 5.78 Å². The highest BCUT2D eigenvalue weighted by atomic mass is 16.6. The molecule has 1 aliphatic carbocycles. The van der Waals surface area contributed by atoms with Crippen molar-refractivity contribution in [3.8, 4) is 5.75 Å². The Hall–Kier alpha value is -3.60. The fraction of sp³-hybridized carbons (Fsp3) is 0.586. The number of Topliss-reactive ketones (excluding diaryl/α,β-unsaturated/α-hetero) is 1. The number of rotatable bonds is 13. The molecule has 0 aliphatic heterocycles. The number of hydrogen-bond donors (Lipinski definition) is 3. The predicted octanol–water partition coefficient (Wildman–Crippen LogP) is 3.79. The zero-order valence-corrected chi connectivity index (χ0v) is 24.0. The van der Waals surface area contributed by atoms with Crippen LogP contribution in [-0.4, -0.2) is 73.7 Å². The van der Waals surface area contributed by atoms with E-state index < -0.39 is 23.8 Å². The maximum absolute atomic E-state index is 12.3. The monoisotopic (exact) mass is 562 g/mol. The second kappa shape index (κ2) is 14.2. The normalized spacial score (nSPS) is 20.0. The zero-order valence-electron chi connectivity index (χ0n) is 24.0. The van der Waals surface area contributed by atoms with Crippen molar-refractivity contribution in [1.29, 1.82) is 0 Å². The third kappa shape index (κ3) is 11.3. The molecular formula is C29H42N2O9. The van der Waals surface area contributed by atoms with Gasteiger partial charge in [-0.3, -0.25) is 4.79 Å². The van der Waals surface area contributed by atoms with Crippen molar-refractivity contribution in [2.24, 2.45) is 10.8 Å². The van der Waals surface area contributed by atoms with Crippen LogP contribution < -0.4 is 15.4 Å². The van der Waals surface area contributed by atoms with Gasteiger partial charge in [-0.1, -0.05) is 27.4 Å². The van der Waals surface area contributed by atoms with Crippen molar-refractivity contribution in [2.75, 3.05) is 33.0 Å². The van der Waals surface area contributed by atoms with E-state index in [-0.39, 0.29) is 49.1 Å². The summed E-state index contributed by atoms with van der Waals surface area (Å²) in [6, 6.07) is 6.20. The minimum absolute atomic E-state index is 0.0243. The topological polar surface area (TPSA) is 149 Å². The van der Waals surface area contributed by atoms with E-state index in [1.54, 1.807) is 24.3 Å². The first kappa shape index (κ1) is 32.6. The first-order valence-corrected chi connectivity index (χ1v) is 13.3. The number of aliphatic hydroxyl groups is 1. The highest BCUT2D eigenvalue weighted by Gasteiger charge is 2.42. The Morgan fingerprint density at radius 3 is 2.20 bits per heavy atom. The number of esters is 1. The lowest BCUT2D eigenvalue weighted by Crippen LogP contribution is -2.50. The Morgan fingerprint density at radius 2 is 1.57 bits per heavy atom. The molecule has 1 aromatic carbocycles. The Bertz CT molecular complexity index is 1050. The SMILES string of the molecule is C=CC(=O)OCCOC(=O)NC1CC(C)(C)CC(C)(CNC(=O)OCCOc2ccc(C(=O)C(C)(C)O)cc2)C1. The Labute approximate surface area is 235 Å². The minimum atomic E-state index is -1.46. The molecule has 11 nitrogen and oxygen atoms in total. The van der Waals surface area contributed by atoms with Gasteiger partial charge in [-0.05, 0) is 68.2 Å². The first-order valence-electron chi connectivity index (χ1n) is 13.3. The number of alkyl carbamates (subject to hydrolysis) is 2. The molecule has 1 aliphatic rings. The summed E-state index contributed by atoms with van der Waals surface area (Å²) >= 11 is 0. The second-order valence-electron chi connectivity index (χ2n) is 11.7. The molecule has 1 fully saturated rings. The second-order valence-corrected chi connectivity index (χ2v) is 11.7. The lowest BCUT2D eigenvalue weighted by Gasteiger charge is -2.46. The van der Waals surface area contributed by atoms with Gasteiger partial charge in [-0.25, -0.2) is 14.4 Å². The van der Waals surface area contributed by atoms with E-state index in [1.165, 1.54) is 13.8 Å². The number of carbonyl (C=O) groups excluding carboxylic acids is 4. The fourth-order valence-corrected chi connectivity index (χ4v) is 5.10. The third-order valence-electron chi connectivity index (χ3n) is 6.41.